The van der Waals surface area contributed by atoms with Crippen LogP contribution in [-0.4, -0.2) is 43.2 Å². The smallest absolute Gasteiger partial charge is 0.490 e. The molecule has 186 valence electrons. The van der Waals surface area contributed by atoms with E-state index in [1.165, 1.54) is 6.07 Å². The molecule has 0 aromatic heterocycles. The Labute approximate surface area is 189 Å². The molecule has 7 nitrogen and oxygen atoms in total. The fraction of sp³-hybridized carbons (Fsp3) is 0.619. The number of hydrogen-bond donors (Lipinski definition) is 2. The Kier molecular flexibility index (Phi) is 4.93. The maximum atomic E-state index is 13.4. The first-order chi connectivity index (χ1) is 15.8. The zero-order chi connectivity index (χ0) is 24.5. The van der Waals surface area contributed by atoms with Crippen LogP contribution in [-0.2, 0) is 15.1 Å². The van der Waals surface area contributed by atoms with Crippen molar-refractivity contribution in [2.24, 2.45) is 22.1 Å². The summed E-state index contributed by atoms with van der Waals surface area (Å²) in [5.74, 6) is -1.74. The number of fused-ring (bicyclic) bond motifs is 4. The number of nitrogens with zero attached hydrogens (tertiary/aromatic N) is 1. The second-order valence-electron chi connectivity index (χ2n) is 9.19. The number of carbonyl (C=O) groups is 1. The van der Waals surface area contributed by atoms with Gasteiger partial charge in [-0.1, -0.05) is 0 Å². The third-order valence-corrected chi connectivity index (χ3v) is 7.14. The van der Waals surface area contributed by atoms with Crippen LogP contribution in [0.15, 0.2) is 23.2 Å². The molecule has 4 aliphatic rings. The lowest BCUT2D eigenvalue weighted by Gasteiger charge is -2.48. The Bertz CT molecular complexity index is 1040. The summed E-state index contributed by atoms with van der Waals surface area (Å²) < 4.78 is 93.9. The van der Waals surface area contributed by atoms with E-state index in [9.17, 15) is 31.1 Å². The summed E-state index contributed by atoms with van der Waals surface area (Å²) in [4.78, 5) is 16.9. The minimum Gasteiger partial charge on any atom is -0.490 e. The van der Waals surface area contributed by atoms with Gasteiger partial charge in [0.2, 0.25) is 5.91 Å². The quantitative estimate of drug-likeness (QED) is 0.629. The second kappa shape index (κ2) is 7.32. The summed E-state index contributed by atoms with van der Waals surface area (Å²) in [6.45, 7) is -0.0843. The molecule has 0 radical (unpaired) electrons. The third-order valence-electron chi connectivity index (χ3n) is 7.14. The predicted octanol–water partition coefficient (Wildman–Crippen LogP) is 3.51. The van der Waals surface area contributed by atoms with Gasteiger partial charge in [0, 0.05) is 17.5 Å². The number of ether oxygens (including phenoxy) is 3. The molecule has 3 N–H and O–H groups in total. The monoisotopic (exact) mass is 493 g/mol. The van der Waals surface area contributed by atoms with Crippen LogP contribution in [0, 0.1) is 11.3 Å². The first-order valence-corrected chi connectivity index (χ1v) is 10.8. The summed E-state index contributed by atoms with van der Waals surface area (Å²) in [5.41, 5.74) is 2.47. The standard InChI is InChI=1S/C21H21F6N3O4/c22-20(23,24)18(5-6-18)16(31)29-10-1-3-14-12(7-10)19(9-32-17(28)30-19)13-8-11(34-21(25,26)27)2-4-15(13)33-14/h2,4,8,10,12,14H,1,3,5-7,9H2,(H2,28,30)(H,29,31)/t10-,12-,14-,19-/m0/s1. The molecule has 0 unspecified atom stereocenters. The van der Waals surface area contributed by atoms with Crippen molar-refractivity contribution >= 4 is 11.9 Å². The lowest BCUT2D eigenvalue weighted by atomic mass is 9.67. The van der Waals surface area contributed by atoms with E-state index in [0.29, 0.717) is 18.6 Å². The van der Waals surface area contributed by atoms with E-state index in [-0.39, 0.29) is 37.5 Å². The molecule has 1 aromatic carbocycles. The number of rotatable bonds is 3. The predicted molar refractivity (Wildman–Crippen MR) is 104 cm³/mol. The highest BCUT2D eigenvalue weighted by atomic mass is 19.4. The van der Waals surface area contributed by atoms with E-state index in [1.807, 2.05) is 0 Å². The Hall–Kier alpha value is -2.86. The van der Waals surface area contributed by atoms with Crippen molar-refractivity contribution in [1.29, 1.82) is 0 Å². The van der Waals surface area contributed by atoms with Crippen molar-refractivity contribution in [1.82, 2.24) is 5.32 Å². The zero-order valence-corrected chi connectivity index (χ0v) is 17.6. The molecule has 13 heteroatoms. The molecule has 4 atom stereocenters. The summed E-state index contributed by atoms with van der Waals surface area (Å²) in [6.07, 6.45) is -9.52. The Balaban J connectivity index is 1.44. The van der Waals surface area contributed by atoms with E-state index < -0.39 is 53.2 Å². The Morgan fingerprint density at radius 1 is 1.18 bits per heavy atom. The number of benzene rings is 1. The normalized spacial score (nSPS) is 31.5. The molecule has 2 fully saturated rings. The van der Waals surface area contributed by atoms with Crippen molar-refractivity contribution < 1.29 is 45.3 Å². The number of aliphatic imine (C=N–C) groups is 1. The highest BCUT2D eigenvalue weighted by molar-refractivity contribution is 5.86. The molecule has 0 bridgehead atoms. The number of amides is 1. The van der Waals surface area contributed by atoms with Gasteiger partial charge in [-0.15, -0.1) is 13.2 Å². The van der Waals surface area contributed by atoms with E-state index in [1.54, 1.807) is 0 Å². The second-order valence-corrected chi connectivity index (χ2v) is 9.19. The van der Waals surface area contributed by atoms with Crippen LogP contribution in [0.2, 0.25) is 0 Å². The summed E-state index contributed by atoms with van der Waals surface area (Å²) >= 11 is 0. The fourth-order valence-electron chi connectivity index (χ4n) is 5.29. The van der Waals surface area contributed by atoms with Crippen LogP contribution >= 0.6 is 0 Å². The lowest BCUT2D eigenvalue weighted by molar-refractivity contribution is -0.274. The van der Waals surface area contributed by atoms with Gasteiger partial charge < -0.3 is 25.3 Å². The molecule has 34 heavy (non-hydrogen) atoms. The third kappa shape index (κ3) is 3.68. The molecule has 2 saturated carbocycles. The molecule has 5 rings (SSSR count). The molecule has 0 saturated heterocycles. The van der Waals surface area contributed by atoms with Gasteiger partial charge in [0.15, 0.2) is 0 Å². The van der Waals surface area contributed by atoms with Crippen LogP contribution in [0.1, 0.15) is 37.7 Å². The molecule has 1 amide bonds. The molecule has 2 aliphatic carbocycles. The minimum atomic E-state index is -4.91. The maximum Gasteiger partial charge on any atom is 0.573 e. The Morgan fingerprint density at radius 3 is 2.50 bits per heavy atom. The van der Waals surface area contributed by atoms with Crippen molar-refractivity contribution in [3.63, 3.8) is 0 Å². The molecule has 1 aromatic rings. The molecule has 2 aliphatic heterocycles. The summed E-state index contributed by atoms with van der Waals surface area (Å²) in [6, 6.07) is 2.89. The van der Waals surface area contributed by atoms with E-state index >= 15 is 0 Å². The van der Waals surface area contributed by atoms with E-state index in [4.69, 9.17) is 15.2 Å². The summed E-state index contributed by atoms with van der Waals surface area (Å²) in [5, 5.41) is 2.54. The van der Waals surface area contributed by atoms with Gasteiger partial charge in [0.05, 0.1) is 0 Å². The van der Waals surface area contributed by atoms with Crippen LogP contribution < -0.4 is 20.5 Å². The topological polar surface area (TPSA) is 95.2 Å². The van der Waals surface area contributed by atoms with Gasteiger partial charge in [-0.25, -0.2) is 4.99 Å². The van der Waals surface area contributed by atoms with Crippen molar-refractivity contribution in [3.05, 3.63) is 23.8 Å². The van der Waals surface area contributed by atoms with Crippen LogP contribution in [0.3, 0.4) is 0 Å². The highest BCUT2D eigenvalue weighted by Crippen LogP contribution is 2.58. The van der Waals surface area contributed by atoms with Crippen molar-refractivity contribution in [3.8, 4) is 11.5 Å². The van der Waals surface area contributed by atoms with Gasteiger partial charge in [0.1, 0.15) is 35.2 Å². The molecule has 1 spiro atoms. The number of nitrogens with one attached hydrogen (secondary N) is 1. The largest absolute Gasteiger partial charge is 0.573 e. The van der Waals surface area contributed by atoms with Crippen molar-refractivity contribution in [2.45, 2.75) is 62.3 Å². The lowest BCUT2D eigenvalue weighted by Crippen LogP contribution is -2.55. The number of alkyl halides is 6. The van der Waals surface area contributed by atoms with Crippen LogP contribution in [0.5, 0.6) is 11.5 Å². The molecular weight excluding hydrogens is 472 g/mol. The van der Waals surface area contributed by atoms with Gasteiger partial charge in [-0.2, -0.15) is 13.2 Å². The molecule has 2 heterocycles. The highest BCUT2D eigenvalue weighted by Gasteiger charge is 2.68. The average Bonchev–Trinajstić information content (AvgIpc) is 3.47. The average molecular weight is 493 g/mol. The van der Waals surface area contributed by atoms with Gasteiger partial charge >= 0.3 is 12.5 Å². The number of amidine groups is 1. The van der Waals surface area contributed by atoms with Crippen molar-refractivity contribution in [2.75, 3.05) is 6.61 Å². The number of halogens is 6. The molecular formula is C21H21F6N3O4. The number of hydrogen-bond acceptors (Lipinski definition) is 6. The SMILES string of the molecule is NC1=N[C@]2(CO1)c1cc(OC(F)(F)F)ccc1O[C@H]1CC[C@H](NC(=O)C3(C(F)(F)F)CC3)C[C@@H]12. The van der Waals surface area contributed by atoms with Gasteiger partial charge in [-0.05, 0) is 50.3 Å². The Morgan fingerprint density at radius 2 is 1.91 bits per heavy atom. The number of nitrogens with two attached hydrogens (primary N) is 1. The van der Waals surface area contributed by atoms with Crippen LogP contribution in [0.25, 0.3) is 0 Å². The van der Waals surface area contributed by atoms with Gasteiger partial charge in [0.25, 0.3) is 6.02 Å². The fourth-order valence-corrected chi connectivity index (χ4v) is 5.29. The minimum absolute atomic E-state index is 0.0843. The van der Waals surface area contributed by atoms with Gasteiger partial charge in [-0.3, -0.25) is 4.79 Å². The number of carbonyl (C=O) groups excluding carboxylic acids is 1. The van der Waals surface area contributed by atoms with Crippen LogP contribution in [0.4, 0.5) is 26.3 Å². The van der Waals surface area contributed by atoms with E-state index in [0.717, 1.165) is 12.1 Å². The zero-order valence-electron chi connectivity index (χ0n) is 17.6. The first-order valence-electron chi connectivity index (χ1n) is 10.8. The first kappa shape index (κ1) is 22.9. The summed E-state index contributed by atoms with van der Waals surface area (Å²) in [7, 11) is 0. The van der Waals surface area contributed by atoms with E-state index in [2.05, 4.69) is 15.0 Å². The maximum absolute atomic E-state index is 13.4.